The Kier molecular flexibility index (Phi) is 3.66. The minimum absolute atomic E-state index is 0.228. The van der Waals surface area contributed by atoms with Crippen LogP contribution in [0, 0.1) is 0 Å². The van der Waals surface area contributed by atoms with Crippen molar-refractivity contribution < 1.29 is 13.2 Å². The van der Waals surface area contributed by atoms with E-state index in [0.717, 1.165) is 6.26 Å². The van der Waals surface area contributed by atoms with Crippen molar-refractivity contribution in [3.8, 4) is 0 Å². The van der Waals surface area contributed by atoms with Crippen LogP contribution in [0.1, 0.15) is 36.8 Å². The highest BCUT2D eigenvalue weighted by molar-refractivity contribution is 7.89. The smallest absolute Gasteiger partial charge is 0.270 e. The van der Waals surface area contributed by atoms with Crippen LogP contribution < -0.4 is 10.2 Å². The first-order valence-corrected chi connectivity index (χ1v) is 7.15. The standard InChI is InChI=1S/C11H16N2O4S/c1-11(2,3)9-5-8(14)7(6-12-9)10(15)13-18(4,16)17/h5-6H,1-4H3,(H,12,14)(H,13,15). The minimum atomic E-state index is -3.68. The van der Waals surface area contributed by atoms with Crippen molar-refractivity contribution in [2.24, 2.45) is 0 Å². The van der Waals surface area contributed by atoms with Crippen LogP contribution in [-0.4, -0.2) is 25.6 Å². The second-order valence-corrected chi connectivity index (χ2v) is 6.83. The molecule has 2 N–H and O–H groups in total. The van der Waals surface area contributed by atoms with Crippen molar-refractivity contribution in [2.75, 3.05) is 6.26 Å². The summed E-state index contributed by atoms with van der Waals surface area (Å²) in [5.74, 6) is -0.931. The number of aromatic nitrogens is 1. The fourth-order valence-electron chi connectivity index (χ4n) is 1.31. The first-order valence-electron chi connectivity index (χ1n) is 5.26. The monoisotopic (exact) mass is 272 g/mol. The Labute approximate surface area is 105 Å². The normalized spacial score (nSPS) is 12.2. The largest absolute Gasteiger partial charge is 0.364 e. The van der Waals surface area contributed by atoms with Crippen LogP contribution in [0.2, 0.25) is 0 Å². The van der Waals surface area contributed by atoms with Crippen LogP contribution in [0.5, 0.6) is 0 Å². The van der Waals surface area contributed by atoms with Crippen LogP contribution in [0.15, 0.2) is 17.1 Å². The number of sulfonamides is 1. The number of amides is 1. The molecule has 0 unspecified atom stereocenters. The zero-order chi connectivity index (χ0) is 14.1. The molecule has 0 saturated heterocycles. The third-order valence-corrected chi connectivity index (χ3v) is 2.80. The van der Waals surface area contributed by atoms with Crippen molar-refractivity contribution in [3.63, 3.8) is 0 Å². The number of rotatable bonds is 2. The van der Waals surface area contributed by atoms with Crippen LogP contribution in [0.3, 0.4) is 0 Å². The number of nitrogens with one attached hydrogen (secondary N) is 2. The molecule has 1 aromatic heterocycles. The molecule has 0 aliphatic heterocycles. The van der Waals surface area contributed by atoms with Crippen LogP contribution in [0.25, 0.3) is 0 Å². The predicted molar refractivity (Wildman–Crippen MR) is 68.1 cm³/mol. The maximum absolute atomic E-state index is 11.7. The topological polar surface area (TPSA) is 96.1 Å². The predicted octanol–water partition coefficient (Wildman–Crippen LogP) is 0.362. The van der Waals surface area contributed by atoms with E-state index in [1.54, 1.807) is 4.72 Å². The second kappa shape index (κ2) is 4.56. The number of carbonyl (C=O) groups excluding carboxylic acids is 1. The van der Waals surface area contributed by atoms with E-state index in [1.165, 1.54) is 12.3 Å². The van der Waals surface area contributed by atoms with Crippen molar-refractivity contribution in [3.05, 3.63) is 33.7 Å². The van der Waals surface area contributed by atoms with Gasteiger partial charge in [0.1, 0.15) is 5.56 Å². The molecular formula is C11H16N2O4S. The van der Waals surface area contributed by atoms with E-state index in [2.05, 4.69) is 4.98 Å². The molecule has 7 heteroatoms. The van der Waals surface area contributed by atoms with Crippen molar-refractivity contribution in [1.82, 2.24) is 9.71 Å². The van der Waals surface area contributed by atoms with Gasteiger partial charge in [-0.05, 0) is 0 Å². The average molecular weight is 272 g/mol. The first-order chi connectivity index (χ1) is 8.00. The highest BCUT2D eigenvalue weighted by atomic mass is 32.2. The van der Waals surface area contributed by atoms with Gasteiger partial charge in [-0.2, -0.15) is 0 Å². The summed E-state index contributed by atoms with van der Waals surface area (Å²) in [5, 5.41) is 0. The Hall–Kier alpha value is -1.63. The van der Waals surface area contributed by atoms with E-state index in [0.29, 0.717) is 5.69 Å². The summed E-state index contributed by atoms with van der Waals surface area (Å²) in [4.78, 5) is 26.1. The molecule has 18 heavy (non-hydrogen) atoms. The van der Waals surface area contributed by atoms with Gasteiger partial charge in [0.25, 0.3) is 5.91 Å². The lowest BCUT2D eigenvalue weighted by atomic mass is 9.91. The molecular weight excluding hydrogens is 256 g/mol. The zero-order valence-electron chi connectivity index (χ0n) is 10.7. The molecule has 0 aromatic carbocycles. The van der Waals surface area contributed by atoms with Gasteiger partial charge in [0.05, 0.1) is 6.26 Å². The third-order valence-electron chi connectivity index (χ3n) is 2.24. The van der Waals surface area contributed by atoms with E-state index >= 15 is 0 Å². The summed E-state index contributed by atoms with van der Waals surface area (Å²) in [7, 11) is -3.68. The fraction of sp³-hybridized carbons (Fsp3) is 0.455. The summed E-state index contributed by atoms with van der Waals surface area (Å²) in [5.41, 5.74) is -0.331. The molecule has 0 bridgehead atoms. The summed E-state index contributed by atoms with van der Waals surface area (Å²) >= 11 is 0. The molecule has 0 spiro atoms. The molecule has 1 amide bonds. The van der Waals surface area contributed by atoms with E-state index in [9.17, 15) is 18.0 Å². The van der Waals surface area contributed by atoms with E-state index in [-0.39, 0.29) is 11.0 Å². The quantitative estimate of drug-likeness (QED) is 0.812. The molecule has 0 aliphatic rings. The zero-order valence-corrected chi connectivity index (χ0v) is 11.5. The molecule has 1 heterocycles. The van der Waals surface area contributed by atoms with Gasteiger partial charge in [-0.1, -0.05) is 20.8 Å². The Bertz CT molecular complexity index is 623. The van der Waals surface area contributed by atoms with Crippen molar-refractivity contribution in [2.45, 2.75) is 26.2 Å². The van der Waals surface area contributed by atoms with E-state index in [1.807, 2.05) is 20.8 Å². The first kappa shape index (κ1) is 14.4. The molecule has 0 fully saturated rings. The lowest BCUT2D eigenvalue weighted by molar-refractivity contribution is 0.0980. The van der Waals surface area contributed by atoms with Crippen LogP contribution >= 0.6 is 0 Å². The van der Waals surface area contributed by atoms with Gasteiger partial charge in [-0.3, -0.25) is 9.59 Å². The Morgan fingerprint density at radius 3 is 2.28 bits per heavy atom. The van der Waals surface area contributed by atoms with E-state index < -0.39 is 21.4 Å². The average Bonchev–Trinajstić information content (AvgIpc) is 2.12. The highest BCUT2D eigenvalue weighted by Crippen LogP contribution is 2.17. The molecule has 100 valence electrons. The van der Waals surface area contributed by atoms with Gasteiger partial charge in [-0.25, -0.2) is 13.1 Å². The Morgan fingerprint density at radius 2 is 1.89 bits per heavy atom. The highest BCUT2D eigenvalue weighted by Gasteiger charge is 2.19. The Morgan fingerprint density at radius 1 is 1.33 bits per heavy atom. The number of aromatic amines is 1. The summed E-state index contributed by atoms with van der Waals surface area (Å²) < 4.78 is 23.6. The number of pyridine rings is 1. The summed E-state index contributed by atoms with van der Waals surface area (Å²) in [6.07, 6.45) is 2.08. The van der Waals surface area contributed by atoms with Gasteiger partial charge in [0.2, 0.25) is 10.0 Å². The van der Waals surface area contributed by atoms with Gasteiger partial charge in [0, 0.05) is 23.4 Å². The van der Waals surface area contributed by atoms with Gasteiger partial charge < -0.3 is 4.98 Å². The molecule has 0 aliphatic carbocycles. The number of H-pyrrole nitrogens is 1. The van der Waals surface area contributed by atoms with Crippen molar-refractivity contribution >= 4 is 15.9 Å². The molecule has 1 rings (SSSR count). The maximum atomic E-state index is 11.7. The molecule has 0 atom stereocenters. The lowest BCUT2D eigenvalue weighted by Crippen LogP contribution is -2.33. The van der Waals surface area contributed by atoms with Gasteiger partial charge in [0.15, 0.2) is 5.43 Å². The second-order valence-electron chi connectivity index (χ2n) is 5.08. The molecule has 6 nitrogen and oxygen atoms in total. The van der Waals surface area contributed by atoms with Crippen LogP contribution in [-0.2, 0) is 15.4 Å². The summed E-state index contributed by atoms with van der Waals surface area (Å²) in [6, 6.07) is 1.30. The third kappa shape index (κ3) is 3.69. The van der Waals surface area contributed by atoms with Gasteiger partial charge in [-0.15, -0.1) is 0 Å². The number of hydrogen-bond donors (Lipinski definition) is 2. The molecule has 0 saturated carbocycles. The maximum Gasteiger partial charge on any atom is 0.270 e. The van der Waals surface area contributed by atoms with Gasteiger partial charge >= 0.3 is 0 Å². The lowest BCUT2D eigenvalue weighted by Gasteiger charge is -2.18. The SMILES string of the molecule is CC(C)(C)c1cc(=O)c(C(=O)NS(C)(=O)=O)c[nH]1. The molecule has 0 radical (unpaired) electrons. The minimum Gasteiger partial charge on any atom is -0.364 e. The number of hydrogen-bond acceptors (Lipinski definition) is 4. The molecule has 1 aromatic rings. The van der Waals surface area contributed by atoms with Crippen molar-refractivity contribution in [1.29, 1.82) is 0 Å². The fourth-order valence-corrected chi connectivity index (χ4v) is 1.75. The summed E-state index contributed by atoms with van der Waals surface area (Å²) in [6.45, 7) is 5.73. The van der Waals surface area contributed by atoms with E-state index in [4.69, 9.17) is 0 Å². The number of carbonyl (C=O) groups is 1. The Balaban J connectivity index is 3.15. The van der Waals surface area contributed by atoms with Crippen LogP contribution in [0.4, 0.5) is 0 Å².